The second-order valence-corrected chi connectivity index (χ2v) is 5.70. The maximum atomic E-state index is 13.6. The molecule has 116 valence electrons. The van der Waals surface area contributed by atoms with E-state index in [0.717, 1.165) is 32.7 Å². The van der Waals surface area contributed by atoms with Crippen LogP contribution in [0.4, 0.5) is 10.1 Å². The Morgan fingerprint density at radius 1 is 1.38 bits per heavy atom. The van der Waals surface area contributed by atoms with E-state index in [1.807, 2.05) is 6.92 Å². The zero-order valence-corrected chi connectivity index (χ0v) is 13.2. The van der Waals surface area contributed by atoms with Crippen LogP contribution in [0.1, 0.15) is 13.8 Å². The molecule has 0 aromatic heterocycles. The molecular formula is C15H21ClFN3O. The third kappa shape index (κ3) is 4.15. The molecule has 1 saturated heterocycles. The van der Waals surface area contributed by atoms with Crippen LogP contribution in [-0.4, -0.2) is 54.5 Å². The number of anilines is 1. The minimum Gasteiger partial charge on any atom is -0.322 e. The average molecular weight is 314 g/mol. The molecule has 1 aliphatic heterocycles. The number of benzene rings is 1. The molecule has 1 fully saturated rings. The molecule has 1 amide bonds. The molecule has 0 aliphatic carbocycles. The van der Waals surface area contributed by atoms with Crippen LogP contribution in [0.2, 0.25) is 5.02 Å². The molecule has 21 heavy (non-hydrogen) atoms. The quantitative estimate of drug-likeness (QED) is 0.927. The Morgan fingerprint density at radius 2 is 2.05 bits per heavy atom. The van der Waals surface area contributed by atoms with Crippen molar-refractivity contribution in [1.82, 2.24) is 9.80 Å². The molecule has 1 heterocycles. The molecule has 1 aliphatic rings. The molecule has 2 rings (SSSR count). The van der Waals surface area contributed by atoms with Gasteiger partial charge in [-0.1, -0.05) is 18.5 Å². The number of carbonyl (C=O) groups is 1. The number of piperazine rings is 1. The van der Waals surface area contributed by atoms with Crippen LogP contribution in [0.15, 0.2) is 18.2 Å². The lowest BCUT2D eigenvalue weighted by Gasteiger charge is -2.36. The first-order valence-electron chi connectivity index (χ1n) is 7.23. The van der Waals surface area contributed by atoms with E-state index in [4.69, 9.17) is 11.6 Å². The second-order valence-electron chi connectivity index (χ2n) is 5.26. The largest absolute Gasteiger partial charge is 0.322 e. The third-order valence-corrected chi connectivity index (χ3v) is 4.20. The zero-order chi connectivity index (χ0) is 15.4. The fourth-order valence-corrected chi connectivity index (χ4v) is 2.64. The predicted octanol–water partition coefficient (Wildman–Crippen LogP) is 2.44. The fourth-order valence-electron chi connectivity index (χ4n) is 2.46. The number of nitrogens with one attached hydrogen (secondary N) is 1. The molecule has 6 heteroatoms. The fraction of sp³-hybridized carbons (Fsp3) is 0.533. The van der Waals surface area contributed by atoms with E-state index in [9.17, 15) is 9.18 Å². The Hall–Kier alpha value is -1.17. The number of nitrogens with zero attached hydrogens (tertiary/aromatic N) is 2. The Balaban J connectivity index is 1.95. The summed E-state index contributed by atoms with van der Waals surface area (Å²) in [5.41, 5.74) is 0.131. The van der Waals surface area contributed by atoms with Gasteiger partial charge in [-0.25, -0.2) is 4.39 Å². The topological polar surface area (TPSA) is 35.6 Å². The van der Waals surface area contributed by atoms with Gasteiger partial charge in [0.05, 0.1) is 11.7 Å². The normalized spacial score (nSPS) is 18.5. The molecule has 1 atom stereocenters. The number of halogens is 2. The number of hydrogen-bond donors (Lipinski definition) is 1. The van der Waals surface area contributed by atoms with E-state index in [2.05, 4.69) is 22.0 Å². The van der Waals surface area contributed by atoms with E-state index >= 15 is 0 Å². The number of rotatable bonds is 4. The molecule has 0 saturated carbocycles. The Morgan fingerprint density at radius 3 is 2.67 bits per heavy atom. The Bertz CT molecular complexity index is 504. The third-order valence-electron chi connectivity index (χ3n) is 3.97. The van der Waals surface area contributed by atoms with Gasteiger partial charge in [-0.3, -0.25) is 9.69 Å². The van der Waals surface area contributed by atoms with Crippen molar-refractivity contribution in [2.75, 3.05) is 38.0 Å². The summed E-state index contributed by atoms with van der Waals surface area (Å²) in [6, 6.07) is 3.85. The van der Waals surface area contributed by atoms with E-state index in [1.165, 1.54) is 18.2 Å². The van der Waals surface area contributed by atoms with Crippen molar-refractivity contribution in [1.29, 1.82) is 0 Å². The lowest BCUT2D eigenvalue weighted by atomic mass is 10.2. The highest BCUT2D eigenvalue weighted by molar-refractivity contribution is 6.30. The van der Waals surface area contributed by atoms with Gasteiger partial charge in [0.15, 0.2) is 0 Å². The van der Waals surface area contributed by atoms with Gasteiger partial charge in [-0.05, 0) is 31.7 Å². The monoisotopic (exact) mass is 313 g/mol. The SMILES string of the molecule is CCN1CCN(C(C)C(=O)Nc2cc(Cl)ccc2F)CC1. The lowest BCUT2D eigenvalue weighted by Crippen LogP contribution is -2.52. The minimum atomic E-state index is -0.476. The van der Waals surface area contributed by atoms with Crippen LogP contribution in [0.3, 0.4) is 0 Å². The highest BCUT2D eigenvalue weighted by Gasteiger charge is 2.25. The number of hydrogen-bond acceptors (Lipinski definition) is 3. The highest BCUT2D eigenvalue weighted by Crippen LogP contribution is 2.20. The van der Waals surface area contributed by atoms with Gasteiger partial charge in [0, 0.05) is 31.2 Å². The summed E-state index contributed by atoms with van der Waals surface area (Å²) in [6.45, 7) is 8.62. The van der Waals surface area contributed by atoms with Crippen molar-refractivity contribution in [3.63, 3.8) is 0 Å². The van der Waals surface area contributed by atoms with Crippen molar-refractivity contribution in [3.8, 4) is 0 Å². The molecular weight excluding hydrogens is 293 g/mol. The summed E-state index contributed by atoms with van der Waals surface area (Å²) in [7, 11) is 0. The number of likely N-dealkylation sites (N-methyl/N-ethyl adjacent to an activating group) is 1. The maximum absolute atomic E-state index is 13.6. The molecule has 1 aromatic carbocycles. The summed E-state index contributed by atoms with van der Waals surface area (Å²) >= 11 is 5.83. The summed E-state index contributed by atoms with van der Waals surface area (Å²) in [5.74, 6) is -0.683. The van der Waals surface area contributed by atoms with Crippen LogP contribution in [0, 0.1) is 5.82 Å². The van der Waals surface area contributed by atoms with E-state index in [-0.39, 0.29) is 17.6 Å². The van der Waals surface area contributed by atoms with Crippen LogP contribution in [0.25, 0.3) is 0 Å². The Labute approximate surface area is 129 Å². The molecule has 0 spiro atoms. The van der Waals surface area contributed by atoms with Crippen molar-refractivity contribution < 1.29 is 9.18 Å². The van der Waals surface area contributed by atoms with Gasteiger partial charge in [0.2, 0.25) is 5.91 Å². The first-order chi connectivity index (χ1) is 10.0. The standard InChI is InChI=1S/C15H21ClFN3O/c1-3-19-6-8-20(9-7-19)11(2)15(21)18-14-10-12(16)4-5-13(14)17/h4-5,10-11H,3,6-9H2,1-2H3,(H,18,21). The first kappa shape index (κ1) is 16.2. The van der Waals surface area contributed by atoms with Crippen molar-refractivity contribution in [3.05, 3.63) is 29.0 Å². The number of carbonyl (C=O) groups excluding carboxylic acids is 1. The molecule has 0 bridgehead atoms. The lowest BCUT2D eigenvalue weighted by molar-refractivity contribution is -0.121. The molecule has 0 radical (unpaired) electrons. The van der Waals surface area contributed by atoms with Gasteiger partial charge in [-0.15, -0.1) is 0 Å². The maximum Gasteiger partial charge on any atom is 0.241 e. The predicted molar refractivity (Wildman–Crippen MR) is 83.2 cm³/mol. The van der Waals surface area contributed by atoms with Gasteiger partial charge >= 0.3 is 0 Å². The smallest absolute Gasteiger partial charge is 0.241 e. The molecule has 1 unspecified atom stereocenters. The summed E-state index contributed by atoms with van der Waals surface area (Å²) < 4.78 is 13.6. The van der Waals surface area contributed by atoms with E-state index < -0.39 is 5.82 Å². The minimum absolute atomic E-state index is 0.131. The highest BCUT2D eigenvalue weighted by atomic mass is 35.5. The van der Waals surface area contributed by atoms with Gasteiger partial charge in [0.1, 0.15) is 5.82 Å². The summed E-state index contributed by atoms with van der Waals surface area (Å²) in [4.78, 5) is 16.7. The van der Waals surface area contributed by atoms with Crippen molar-refractivity contribution >= 4 is 23.2 Å². The van der Waals surface area contributed by atoms with Crippen molar-refractivity contribution in [2.24, 2.45) is 0 Å². The van der Waals surface area contributed by atoms with Gasteiger partial charge in [0.25, 0.3) is 0 Å². The van der Waals surface area contributed by atoms with Crippen LogP contribution in [-0.2, 0) is 4.79 Å². The van der Waals surface area contributed by atoms with Crippen LogP contribution < -0.4 is 5.32 Å². The second kappa shape index (κ2) is 7.20. The van der Waals surface area contributed by atoms with Crippen LogP contribution in [0.5, 0.6) is 0 Å². The first-order valence-corrected chi connectivity index (χ1v) is 7.61. The van der Waals surface area contributed by atoms with Gasteiger partial charge < -0.3 is 10.2 Å². The summed E-state index contributed by atoms with van der Waals surface area (Å²) in [5, 5.41) is 3.02. The average Bonchev–Trinajstić information content (AvgIpc) is 2.50. The van der Waals surface area contributed by atoms with Crippen LogP contribution >= 0.6 is 11.6 Å². The molecule has 1 aromatic rings. The Kier molecular flexibility index (Phi) is 5.56. The molecule has 4 nitrogen and oxygen atoms in total. The van der Waals surface area contributed by atoms with Gasteiger partial charge in [-0.2, -0.15) is 0 Å². The molecule has 1 N–H and O–H groups in total. The summed E-state index contributed by atoms with van der Waals surface area (Å²) in [6.07, 6.45) is 0. The zero-order valence-electron chi connectivity index (χ0n) is 12.4. The van der Waals surface area contributed by atoms with Crippen molar-refractivity contribution in [2.45, 2.75) is 19.9 Å². The number of amides is 1. The van der Waals surface area contributed by atoms with E-state index in [0.29, 0.717) is 5.02 Å². The van der Waals surface area contributed by atoms with E-state index in [1.54, 1.807) is 0 Å².